The molecule has 1 fully saturated rings. The van der Waals surface area contributed by atoms with Crippen LogP contribution in [0.25, 0.3) is 22.3 Å². The van der Waals surface area contributed by atoms with E-state index in [1.165, 1.54) is 30.3 Å². The van der Waals surface area contributed by atoms with Crippen LogP contribution in [0.5, 0.6) is 0 Å². The Balaban J connectivity index is 1.45. The molecule has 2 aromatic heterocycles. The predicted octanol–water partition coefficient (Wildman–Crippen LogP) is 4.31. The average molecular weight is 438 g/mol. The standard InChI is InChI=1S/C23H17F3N4O2/c24-12-3-5-14(16(26)10-12)17-8-6-15(22(31)29-17)23(32)30-9-1-2-20(30)21-27-18-7-4-13(25)11-19(18)28-21/h3-8,10-11,20H,1-2,9H2,(H,27,28)(H,29,31). The highest BCUT2D eigenvalue weighted by Gasteiger charge is 2.33. The molecule has 1 unspecified atom stereocenters. The molecule has 1 aliphatic rings. The highest BCUT2D eigenvalue weighted by atomic mass is 19.1. The van der Waals surface area contributed by atoms with Crippen molar-refractivity contribution >= 4 is 16.9 Å². The number of likely N-dealkylation sites (tertiary alicyclic amines) is 1. The largest absolute Gasteiger partial charge is 0.340 e. The third kappa shape index (κ3) is 3.45. The normalized spacial score (nSPS) is 16.1. The monoisotopic (exact) mass is 438 g/mol. The molecular formula is C23H17F3N4O2. The molecule has 0 aliphatic carbocycles. The number of aromatic nitrogens is 3. The Kier molecular flexibility index (Phi) is 4.80. The van der Waals surface area contributed by atoms with E-state index < -0.39 is 28.9 Å². The second-order valence-electron chi connectivity index (χ2n) is 7.68. The van der Waals surface area contributed by atoms with E-state index in [0.717, 1.165) is 18.6 Å². The minimum Gasteiger partial charge on any atom is -0.340 e. The van der Waals surface area contributed by atoms with Crippen LogP contribution >= 0.6 is 0 Å². The molecule has 0 radical (unpaired) electrons. The van der Waals surface area contributed by atoms with Crippen LogP contribution in [0.4, 0.5) is 13.2 Å². The predicted molar refractivity (Wildman–Crippen MR) is 111 cm³/mol. The van der Waals surface area contributed by atoms with Gasteiger partial charge in [-0.05, 0) is 55.3 Å². The van der Waals surface area contributed by atoms with Crippen LogP contribution in [-0.4, -0.2) is 32.3 Å². The van der Waals surface area contributed by atoms with Gasteiger partial charge in [-0.3, -0.25) is 9.59 Å². The molecule has 3 heterocycles. The van der Waals surface area contributed by atoms with Crippen molar-refractivity contribution in [2.75, 3.05) is 6.54 Å². The fraction of sp³-hybridized carbons (Fsp3) is 0.174. The summed E-state index contributed by atoms with van der Waals surface area (Å²) in [6.07, 6.45) is 1.36. The molecule has 9 heteroatoms. The van der Waals surface area contributed by atoms with E-state index in [4.69, 9.17) is 0 Å². The van der Waals surface area contributed by atoms with Gasteiger partial charge in [0.25, 0.3) is 11.5 Å². The lowest BCUT2D eigenvalue weighted by atomic mass is 10.1. The van der Waals surface area contributed by atoms with Gasteiger partial charge in [0.15, 0.2) is 0 Å². The zero-order valence-corrected chi connectivity index (χ0v) is 16.7. The van der Waals surface area contributed by atoms with Gasteiger partial charge in [0.2, 0.25) is 0 Å². The highest BCUT2D eigenvalue weighted by Crippen LogP contribution is 2.32. The zero-order chi connectivity index (χ0) is 22.4. The van der Waals surface area contributed by atoms with Crippen molar-refractivity contribution in [3.8, 4) is 11.3 Å². The van der Waals surface area contributed by atoms with Crippen LogP contribution in [0.2, 0.25) is 0 Å². The molecule has 162 valence electrons. The number of hydrogen-bond acceptors (Lipinski definition) is 3. The van der Waals surface area contributed by atoms with Crippen molar-refractivity contribution in [2.45, 2.75) is 18.9 Å². The molecule has 4 aromatic rings. The number of pyridine rings is 1. The lowest BCUT2D eigenvalue weighted by Gasteiger charge is -2.23. The third-order valence-corrected chi connectivity index (χ3v) is 5.65. The third-order valence-electron chi connectivity index (χ3n) is 5.65. The first-order chi connectivity index (χ1) is 15.4. The number of imidazole rings is 1. The Labute approximate surface area is 179 Å². The number of nitrogens with one attached hydrogen (secondary N) is 2. The first-order valence-electron chi connectivity index (χ1n) is 10.1. The lowest BCUT2D eigenvalue weighted by molar-refractivity contribution is 0.0728. The molecular weight excluding hydrogens is 421 g/mol. The number of rotatable bonds is 3. The molecule has 1 amide bonds. The molecule has 6 nitrogen and oxygen atoms in total. The van der Waals surface area contributed by atoms with Gasteiger partial charge in [-0.15, -0.1) is 0 Å². The maximum absolute atomic E-state index is 14.1. The molecule has 1 saturated heterocycles. The van der Waals surface area contributed by atoms with Gasteiger partial charge >= 0.3 is 0 Å². The number of hydrogen-bond donors (Lipinski definition) is 2. The summed E-state index contributed by atoms with van der Waals surface area (Å²) >= 11 is 0. The lowest BCUT2D eigenvalue weighted by Crippen LogP contribution is -2.34. The minimum absolute atomic E-state index is 0.0241. The van der Waals surface area contributed by atoms with Crippen molar-refractivity contribution in [2.24, 2.45) is 0 Å². The number of benzene rings is 2. The van der Waals surface area contributed by atoms with Crippen molar-refractivity contribution in [1.82, 2.24) is 19.9 Å². The van der Waals surface area contributed by atoms with E-state index in [9.17, 15) is 22.8 Å². The number of H-pyrrole nitrogens is 2. The summed E-state index contributed by atoms with van der Waals surface area (Å²) in [5, 5.41) is 0. The summed E-state index contributed by atoms with van der Waals surface area (Å²) in [7, 11) is 0. The SMILES string of the molecule is O=C(c1ccc(-c2ccc(F)cc2F)[nH]c1=O)N1CCCC1c1nc2ccc(F)cc2[nH]1. The molecule has 5 rings (SSSR count). The molecule has 2 aromatic carbocycles. The first kappa shape index (κ1) is 20.0. The van der Waals surface area contributed by atoms with E-state index in [-0.39, 0.29) is 22.9 Å². The number of halogens is 3. The van der Waals surface area contributed by atoms with Crippen LogP contribution in [0, 0.1) is 17.5 Å². The van der Waals surface area contributed by atoms with Crippen LogP contribution in [-0.2, 0) is 0 Å². The zero-order valence-electron chi connectivity index (χ0n) is 16.7. The molecule has 0 saturated carbocycles. The number of carbonyl (C=O) groups is 1. The molecule has 0 bridgehead atoms. The number of fused-ring (bicyclic) bond motifs is 1. The summed E-state index contributed by atoms with van der Waals surface area (Å²) < 4.78 is 40.7. The maximum atomic E-state index is 14.1. The summed E-state index contributed by atoms with van der Waals surface area (Å²) in [4.78, 5) is 37.4. The van der Waals surface area contributed by atoms with Crippen molar-refractivity contribution in [1.29, 1.82) is 0 Å². The number of amides is 1. The van der Waals surface area contributed by atoms with E-state index in [0.29, 0.717) is 29.8 Å². The Bertz CT molecular complexity index is 1410. The van der Waals surface area contributed by atoms with Crippen LogP contribution < -0.4 is 5.56 Å². The molecule has 0 spiro atoms. The number of aromatic amines is 2. The Hall–Kier alpha value is -3.88. The Morgan fingerprint density at radius 1 is 1.00 bits per heavy atom. The van der Waals surface area contributed by atoms with Gasteiger partial charge in [0.1, 0.15) is 28.8 Å². The van der Waals surface area contributed by atoms with Crippen LogP contribution in [0.1, 0.15) is 35.1 Å². The maximum Gasteiger partial charge on any atom is 0.261 e. The van der Waals surface area contributed by atoms with E-state index >= 15 is 0 Å². The summed E-state index contributed by atoms with van der Waals surface area (Å²) in [6.45, 7) is 0.433. The minimum atomic E-state index is -0.819. The summed E-state index contributed by atoms with van der Waals surface area (Å²) in [5.74, 6) is -1.89. The summed E-state index contributed by atoms with van der Waals surface area (Å²) in [6, 6.07) is 9.61. The van der Waals surface area contributed by atoms with E-state index in [2.05, 4.69) is 15.0 Å². The van der Waals surface area contributed by atoms with Crippen molar-refractivity contribution in [3.05, 3.63) is 87.7 Å². The van der Waals surface area contributed by atoms with Crippen LogP contribution in [0.3, 0.4) is 0 Å². The fourth-order valence-electron chi connectivity index (χ4n) is 4.12. The molecule has 2 N–H and O–H groups in total. The van der Waals surface area contributed by atoms with E-state index in [1.807, 2.05) is 0 Å². The first-order valence-corrected chi connectivity index (χ1v) is 10.1. The van der Waals surface area contributed by atoms with Crippen LogP contribution in [0.15, 0.2) is 53.3 Å². The van der Waals surface area contributed by atoms with Gasteiger partial charge in [-0.2, -0.15) is 0 Å². The summed E-state index contributed by atoms with van der Waals surface area (Å²) in [5.41, 5.74) is 0.517. The topological polar surface area (TPSA) is 81.8 Å². The average Bonchev–Trinajstić information content (AvgIpc) is 3.39. The number of nitrogens with zero attached hydrogens (tertiary/aromatic N) is 2. The van der Waals surface area contributed by atoms with Crippen molar-refractivity contribution < 1.29 is 18.0 Å². The second-order valence-corrected chi connectivity index (χ2v) is 7.68. The van der Waals surface area contributed by atoms with Crippen molar-refractivity contribution in [3.63, 3.8) is 0 Å². The highest BCUT2D eigenvalue weighted by molar-refractivity contribution is 5.94. The quantitative estimate of drug-likeness (QED) is 0.500. The smallest absolute Gasteiger partial charge is 0.261 e. The molecule has 1 atom stereocenters. The van der Waals surface area contributed by atoms with Gasteiger partial charge < -0.3 is 14.9 Å². The number of carbonyl (C=O) groups excluding carboxylic acids is 1. The van der Waals surface area contributed by atoms with Gasteiger partial charge in [0.05, 0.1) is 22.8 Å². The van der Waals surface area contributed by atoms with Gasteiger partial charge in [-0.1, -0.05) is 0 Å². The van der Waals surface area contributed by atoms with Gasteiger partial charge in [0, 0.05) is 18.2 Å². The molecule has 32 heavy (non-hydrogen) atoms. The second kappa shape index (κ2) is 7.67. The Morgan fingerprint density at radius 3 is 2.56 bits per heavy atom. The van der Waals surface area contributed by atoms with Gasteiger partial charge in [-0.25, -0.2) is 18.2 Å². The van der Waals surface area contributed by atoms with E-state index in [1.54, 1.807) is 11.0 Å². The fourth-order valence-corrected chi connectivity index (χ4v) is 4.12. The molecule has 1 aliphatic heterocycles. The Morgan fingerprint density at radius 2 is 1.78 bits per heavy atom.